The van der Waals surface area contributed by atoms with E-state index in [0.29, 0.717) is 18.0 Å². The molecule has 4 heterocycles. The Bertz CT molecular complexity index is 1160. The van der Waals surface area contributed by atoms with Crippen LogP contribution in [-0.2, 0) is 4.74 Å². The Morgan fingerprint density at radius 2 is 2.09 bits per heavy atom. The summed E-state index contributed by atoms with van der Waals surface area (Å²) in [7, 11) is 0. The minimum Gasteiger partial charge on any atom is -0.343 e. The molecule has 2 aromatic heterocycles. The predicted molar refractivity (Wildman–Crippen MR) is 137 cm³/mol. The van der Waals surface area contributed by atoms with Gasteiger partial charge in [0.05, 0.1) is 23.3 Å². The van der Waals surface area contributed by atoms with Crippen molar-refractivity contribution in [1.29, 1.82) is 5.26 Å². The summed E-state index contributed by atoms with van der Waals surface area (Å²) in [5, 5.41) is 16.6. The molecule has 184 valence electrons. The molecule has 0 bridgehead atoms. The topological polar surface area (TPSA) is 91.0 Å². The lowest BCUT2D eigenvalue weighted by Gasteiger charge is -2.43. The Balaban J connectivity index is 1.40. The van der Waals surface area contributed by atoms with Crippen molar-refractivity contribution in [2.24, 2.45) is 0 Å². The largest absolute Gasteiger partial charge is 0.343 e. The van der Waals surface area contributed by atoms with Crippen LogP contribution in [0.2, 0.25) is 0 Å². The smallest absolute Gasteiger partial charge is 0.207 e. The fourth-order valence-corrected chi connectivity index (χ4v) is 5.90. The minimum atomic E-state index is -0.300. The molecule has 2 fully saturated rings. The van der Waals surface area contributed by atoms with E-state index in [1.165, 1.54) is 18.4 Å². The molecule has 2 aliphatic heterocycles. The SMILES string of the molecule is CC(C1NCCC1c1cccnc1)N1CCCCC1Nc1nc2ccccc2n1C(C)OCC#N. The van der Waals surface area contributed by atoms with Gasteiger partial charge in [-0.25, -0.2) is 4.98 Å². The van der Waals surface area contributed by atoms with E-state index in [-0.39, 0.29) is 19.0 Å². The number of nitrogens with zero attached hydrogens (tertiary/aromatic N) is 5. The number of anilines is 1. The number of nitriles is 1. The van der Waals surface area contributed by atoms with Crippen LogP contribution in [0, 0.1) is 11.3 Å². The summed E-state index contributed by atoms with van der Waals surface area (Å²) in [4.78, 5) is 11.9. The van der Waals surface area contributed by atoms with Crippen molar-refractivity contribution in [2.75, 3.05) is 25.0 Å². The van der Waals surface area contributed by atoms with Crippen molar-refractivity contribution in [3.63, 3.8) is 0 Å². The van der Waals surface area contributed by atoms with Gasteiger partial charge < -0.3 is 15.4 Å². The number of likely N-dealkylation sites (tertiary alicyclic amines) is 1. The van der Waals surface area contributed by atoms with Gasteiger partial charge in [-0.2, -0.15) is 5.26 Å². The van der Waals surface area contributed by atoms with E-state index in [9.17, 15) is 0 Å². The first-order valence-corrected chi connectivity index (χ1v) is 12.8. The normalized spacial score (nSPS) is 24.8. The van der Waals surface area contributed by atoms with E-state index < -0.39 is 0 Å². The van der Waals surface area contributed by atoms with Gasteiger partial charge in [0.2, 0.25) is 5.95 Å². The minimum absolute atomic E-state index is 0.0444. The Kier molecular flexibility index (Phi) is 7.28. The highest BCUT2D eigenvalue weighted by atomic mass is 16.5. The van der Waals surface area contributed by atoms with Gasteiger partial charge in [0.1, 0.15) is 12.8 Å². The number of hydrogen-bond donors (Lipinski definition) is 2. The Morgan fingerprint density at radius 3 is 2.91 bits per heavy atom. The second-order valence-corrected chi connectivity index (χ2v) is 9.66. The van der Waals surface area contributed by atoms with Crippen molar-refractivity contribution >= 4 is 17.0 Å². The van der Waals surface area contributed by atoms with Crippen LogP contribution in [-0.4, -0.2) is 57.4 Å². The van der Waals surface area contributed by atoms with Gasteiger partial charge in [-0.1, -0.05) is 18.2 Å². The highest BCUT2D eigenvalue weighted by Crippen LogP contribution is 2.34. The molecule has 3 aromatic rings. The van der Waals surface area contributed by atoms with E-state index in [0.717, 1.165) is 42.9 Å². The molecule has 5 unspecified atom stereocenters. The molecule has 5 rings (SSSR count). The lowest BCUT2D eigenvalue weighted by atomic mass is 9.88. The molecule has 0 radical (unpaired) electrons. The Hall–Kier alpha value is -2.99. The zero-order chi connectivity index (χ0) is 24.2. The van der Waals surface area contributed by atoms with Gasteiger partial charge in [-0.15, -0.1) is 0 Å². The van der Waals surface area contributed by atoms with Gasteiger partial charge in [0.25, 0.3) is 0 Å². The van der Waals surface area contributed by atoms with Gasteiger partial charge in [-0.3, -0.25) is 14.5 Å². The molecule has 2 N–H and O–H groups in total. The summed E-state index contributed by atoms with van der Waals surface area (Å²) >= 11 is 0. The van der Waals surface area contributed by atoms with Crippen LogP contribution in [0.3, 0.4) is 0 Å². The molecule has 1 aromatic carbocycles. The zero-order valence-corrected chi connectivity index (χ0v) is 20.6. The van der Waals surface area contributed by atoms with E-state index in [1.807, 2.05) is 43.6 Å². The number of benzene rings is 1. The second-order valence-electron chi connectivity index (χ2n) is 9.66. The second kappa shape index (κ2) is 10.7. The van der Waals surface area contributed by atoms with E-state index in [2.05, 4.69) is 50.2 Å². The van der Waals surface area contributed by atoms with Crippen LogP contribution >= 0.6 is 0 Å². The molecule has 35 heavy (non-hydrogen) atoms. The van der Waals surface area contributed by atoms with Crippen LogP contribution in [0.25, 0.3) is 11.0 Å². The average Bonchev–Trinajstić information content (AvgIpc) is 3.53. The molecule has 2 aliphatic rings. The number of imidazole rings is 1. The van der Waals surface area contributed by atoms with E-state index in [1.54, 1.807) is 0 Å². The molecule has 8 heteroatoms. The quantitative estimate of drug-likeness (QED) is 0.505. The van der Waals surface area contributed by atoms with Crippen molar-refractivity contribution in [3.05, 3.63) is 54.4 Å². The molecule has 0 aliphatic carbocycles. The highest BCUT2D eigenvalue weighted by Gasteiger charge is 2.38. The van der Waals surface area contributed by atoms with Gasteiger partial charge >= 0.3 is 0 Å². The number of fused-ring (bicyclic) bond motifs is 1. The number of para-hydroxylation sites is 2. The Morgan fingerprint density at radius 1 is 1.20 bits per heavy atom. The van der Waals surface area contributed by atoms with Crippen LogP contribution in [0.5, 0.6) is 0 Å². The number of hydrogen-bond acceptors (Lipinski definition) is 7. The number of ether oxygens (including phenoxy) is 1. The summed E-state index contributed by atoms with van der Waals surface area (Å²) in [5.41, 5.74) is 3.25. The third-order valence-corrected chi connectivity index (χ3v) is 7.61. The summed E-state index contributed by atoms with van der Waals surface area (Å²) in [6.07, 6.45) is 8.33. The number of aromatic nitrogens is 3. The zero-order valence-electron chi connectivity index (χ0n) is 20.6. The lowest BCUT2D eigenvalue weighted by molar-refractivity contribution is 0.0409. The number of pyridine rings is 1. The van der Waals surface area contributed by atoms with Crippen LogP contribution in [0.15, 0.2) is 48.8 Å². The predicted octanol–water partition coefficient (Wildman–Crippen LogP) is 4.25. The average molecular weight is 474 g/mol. The third-order valence-electron chi connectivity index (χ3n) is 7.61. The number of nitrogens with one attached hydrogen (secondary N) is 2. The van der Waals surface area contributed by atoms with Crippen molar-refractivity contribution in [1.82, 2.24) is 24.8 Å². The first-order chi connectivity index (χ1) is 17.2. The Labute approximate surface area is 207 Å². The third kappa shape index (κ3) is 4.90. The maximum atomic E-state index is 9.03. The lowest BCUT2D eigenvalue weighted by Crippen LogP contribution is -2.56. The maximum Gasteiger partial charge on any atom is 0.207 e. The summed E-state index contributed by atoms with van der Waals surface area (Å²) in [5.74, 6) is 1.26. The van der Waals surface area contributed by atoms with E-state index >= 15 is 0 Å². The number of rotatable bonds is 8. The molecule has 0 spiro atoms. The van der Waals surface area contributed by atoms with Crippen molar-refractivity contribution in [3.8, 4) is 6.07 Å². The van der Waals surface area contributed by atoms with Gasteiger partial charge in [0, 0.05) is 36.9 Å². The monoisotopic (exact) mass is 473 g/mol. The van der Waals surface area contributed by atoms with E-state index in [4.69, 9.17) is 15.0 Å². The first kappa shape index (κ1) is 23.7. The van der Waals surface area contributed by atoms with Crippen molar-refractivity contribution in [2.45, 2.75) is 69.9 Å². The number of piperidine rings is 1. The molecule has 5 atom stereocenters. The van der Waals surface area contributed by atoms with Gasteiger partial charge in [-0.05, 0) is 69.8 Å². The molecule has 2 saturated heterocycles. The molecular weight excluding hydrogens is 438 g/mol. The van der Waals surface area contributed by atoms with Crippen LogP contribution in [0.1, 0.15) is 57.2 Å². The fourth-order valence-electron chi connectivity index (χ4n) is 5.90. The molecule has 0 saturated carbocycles. The summed E-state index contributed by atoms with van der Waals surface area (Å²) in [6.45, 7) is 6.46. The molecule has 0 amide bonds. The molecule has 8 nitrogen and oxygen atoms in total. The fraction of sp³-hybridized carbons (Fsp3) is 0.519. The maximum absolute atomic E-state index is 9.03. The summed E-state index contributed by atoms with van der Waals surface area (Å²) < 4.78 is 7.86. The van der Waals surface area contributed by atoms with Crippen LogP contribution < -0.4 is 10.6 Å². The van der Waals surface area contributed by atoms with Crippen LogP contribution in [0.4, 0.5) is 5.95 Å². The summed E-state index contributed by atoms with van der Waals surface area (Å²) in [6, 6.07) is 15.2. The standard InChI is InChI=1S/C27H35N7O/c1-19(26-22(12-15-30-26)21-8-7-14-29-18-21)33-16-6-5-11-25(33)32-27-31-23-9-3-4-10-24(23)34(27)20(2)35-17-13-28/h3-4,7-10,14,18-20,22,25-26,30H,5-6,11-12,15-17H2,1-2H3,(H,31,32). The van der Waals surface area contributed by atoms with Gasteiger partial charge in [0.15, 0.2) is 0 Å². The molecular formula is C27H35N7O. The first-order valence-electron chi connectivity index (χ1n) is 12.8. The van der Waals surface area contributed by atoms with Crippen molar-refractivity contribution < 1.29 is 4.74 Å². The highest BCUT2D eigenvalue weighted by molar-refractivity contribution is 5.78.